The molecule has 0 radical (unpaired) electrons. The van der Waals surface area contributed by atoms with Crippen molar-refractivity contribution in [3.8, 4) is 11.5 Å². The van der Waals surface area contributed by atoms with Gasteiger partial charge in [0.1, 0.15) is 0 Å². The molecule has 0 atom stereocenters. The third kappa shape index (κ3) is 5.58. The topological polar surface area (TPSA) is 77.4 Å². The van der Waals surface area contributed by atoms with Crippen LogP contribution < -0.4 is 14.5 Å². The van der Waals surface area contributed by atoms with Crippen molar-refractivity contribution >= 4 is 61.2 Å². The van der Waals surface area contributed by atoms with Crippen LogP contribution in [0.15, 0.2) is 56.0 Å². The Bertz CT molecular complexity index is 1080. The minimum absolute atomic E-state index is 0.221. The quantitative estimate of drug-likeness (QED) is 0.318. The zero-order valence-electron chi connectivity index (χ0n) is 17.9. The second-order valence-electron chi connectivity index (χ2n) is 6.69. The molecule has 0 aliphatic carbocycles. The van der Waals surface area contributed by atoms with E-state index < -0.39 is 5.97 Å². The predicted molar refractivity (Wildman–Crippen MR) is 130 cm³/mol. The molecule has 7 nitrogen and oxygen atoms in total. The molecule has 9 heteroatoms. The molecule has 0 aromatic heterocycles. The van der Waals surface area contributed by atoms with Crippen molar-refractivity contribution in [3.63, 3.8) is 0 Å². The molecule has 0 saturated heterocycles. The van der Waals surface area contributed by atoms with Gasteiger partial charge < -0.3 is 14.2 Å². The molecule has 0 fully saturated rings. The summed E-state index contributed by atoms with van der Waals surface area (Å²) in [6.45, 7) is 5.81. The summed E-state index contributed by atoms with van der Waals surface area (Å²) in [5.41, 5.74) is 2.48. The van der Waals surface area contributed by atoms with E-state index in [-0.39, 0.29) is 19.1 Å². The third-order valence-electron chi connectivity index (χ3n) is 4.42. The van der Waals surface area contributed by atoms with E-state index in [1.54, 1.807) is 32.1 Å². The maximum atomic E-state index is 13.0. The fraction of sp³-hybridized carbons (Fsp3) is 0.261. The lowest BCUT2D eigenvalue weighted by Gasteiger charge is -2.14. The first-order valence-corrected chi connectivity index (χ1v) is 11.5. The molecule has 1 heterocycles. The van der Waals surface area contributed by atoms with Crippen LogP contribution >= 0.6 is 31.9 Å². The average molecular weight is 566 g/mol. The van der Waals surface area contributed by atoms with Gasteiger partial charge in [-0.3, -0.25) is 4.79 Å². The van der Waals surface area contributed by atoms with Gasteiger partial charge in [0, 0.05) is 4.47 Å². The molecule has 2 aromatic carbocycles. The summed E-state index contributed by atoms with van der Waals surface area (Å²) in [5, 5.41) is 5.79. The Hall–Kier alpha value is -2.65. The lowest BCUT2D eigenvalue weighted by molar-refractivity contribution is -0.145. The monoisotopic (exact) mass is 564 g/mol. The van der Waals surface area contributed by atoms with E-state index in [1.807, 2.05) is 31.2 Å². The van der Waals surface area contributed by atoms with Crippen LogP contribution in [0.3, 0.4) is 0 Å². The molecule has 2 aromatic rings. The molecule has 168 valence electrons. The van der Waals surface area contributed by atoms with Crippen molar-refractivity contribution < 1.29 is 23.8 Å². The highest BCUT2D eigenvalue weighted by Gasteiger charge is 2.29. The number of benzene rings is 2. The molecule has 1 aliphatic heterocycles. The largest absolute Gasteiger partial charge is 0.490 e. The normalized spacial score (nSPS) is 14.5. The standard InChI is InChI=1S/C23H22Br2N2O5/c1-4-30-20-12-15(11-19(25)22(20)32-13-21(28)31-5-2)10-18-14(3)26-27(23(18)29)17-8-6-16(24)7-9-17/h6-12H,4-5,13H2,1-3H3/b18-10-. The highest BCUT2D eigenvalue weighted by atomic mass is 79.9. The maximum Gasteiger partial charge on any atom is 0.344 e. The van der Waals surface area contributed by atoms with Gasteiger partial charge in [-0.25, -0.2) is 4.79 Å². The first-order valence-electron chi connectivity index (χ1n) is 9.96. The summed E-state index contributed by atoms with van der Waals surface area (Å²) in [7, 11) is 0. The van der Waals surface area contributed by atoms with Crippen molar-refractivity contribution in [2.45, 2.75) is 20.8 Å². The van der Waals surface area contributed by atoms with Gasteiger partial charge in [0.2, 0.25) is 0 Å². The molecule has 0 N–H and O–H groups in total. The Labute approximate surface area is 203 Å². The van der Waals surface area contributed by atoms with Crippen LogP contribution in [0.5, 0.6) is 11.5 Å². The number of rotatable bonds is 8. The van der Waals surface area contributed by atoms with Gasteiger partial charge in [0.15, 0.2) is 18.1 Å². The smallest absolute Gasteiger partial charge is 0.344 e. The van der Waals surface area contributed by atoms with Gasteiger partial charge in [-0.2, -0.15) is 10.1 Å². The summed E-state index contributed by atoms with van der Waals surface area (Å²) in [6, 6.07) is 10.9. The number of carbonyl (C=O) groups is 2. The van der Waals surface area contributed by atoms with Crippen molar-refractivity contribution in [1.82, 2.24) is 0 Å². The molecule has 0 saturated carbocycles. The van der Waals surface area contributed by atoms with E-state index in [1.165, 1.54) is 5.01 Å². The van der Waals surface area contributed by atoms with E-state index in [2.05, 4.69) is 37.0 Å². The Balaban J connectivity index is 1.89. The summed E-state index contributed by atoms with van der Waals surface area (Å²) >= 11 is 6.87. The second kappa shape index (κ2) is 10.8. The lowest BCUT2D eigenvalue weighted by Crippen LogP contribution is -2.21. The van der Waals surface area contributed by atoms with Crippen molar-refractivity contribution in [2.24, 2.45) is 5.10 Å². The third-order valence-corrected chi connectivity index (χ3v) is 5.53. The molecule has 1 amide bonds. The number of anilines is 1. The number of carbonyl (C=O) groups excluding carboxylic acids is 2. The molecule has 0 spiro atoms. The minimum Gasteiger partial charge on any atom is -0.490 e. The van der Waals surface area contributed by atoms with E-state index in [0.29, 0.717) is 39.6 Å². The zero-order chi connectivity index (χ0) is 23.3. The summed E-state index contributed by atoms with van der Waals surface area (Å²) in [6.07, 6.45) is 1.75. The molecular formula is C23H22Br2N2O5. The van der Waals surface area contributed by atoms with Crippen molar-refractivity contribution in [2.75, 3.05) is 24.8 Å². The molecular weight excluding hydrogens is 544 g/mol. The number of hydrogen-bond donors (Lipinski definition) is 0. The number of esters is 1. The van der Waals surface area contributed by atoms with Crippen LogP contribution in [0, 0.1) is 0 Å². The molecule has 0 bridgehead atoms. The maximum absolute atomic E-state index is 13.0. The minimum atomic E-state index is -0.468. The molecule has 3 rings (SSSR count). The summed E-state index contributed by atoms with van der Waals surface area (Å²) in [5.74, 6) is 0.149. The van der Waals surface area contributed by atoms with Crippen LogP contribution in [0.25, 0.3) is 6.08 Å². The Morgan fingerprint density at radius 2 is 1.81 bits per heavy atom. The number of amides is 1. The number of nitrogens with zero attached hydrogens (tertiary/aromatic N) is 2. The number of halogens is 2. The highest BCUT2D eigenvalue weighted by molar-refractivity contribution is 9.10. The Kier molecular flexibility index (Phi) is 8.09. The van der Waals surface area contributed by atoms with Crippen LogP contribution in [0.1, 0.15) is 26.3 Å². The first kappa shape index (κ1) is 24.0. The number of hydrogen-bond acceptors (Lipinski definition) is 6. The van der Waals surface area contributed by atoms with Gasteiger partial charge in [0.05, 0.1) is 34.7 Å². The van der Waals surface area contributed by atoms with E-state index in [4.69, 9.17) is 14.2 Å². The SMILES string of the molecule is CCOC(=O)COc1c(Br)cc(/C=C2\C(=O)N(c3ccc(Br)cc3)N=C2C)cc1OCC. The van der Waals surface area contributed by atoms with Gasteiger partial charge >= 0.3 is 5.97 Å². The second-order valence-corrected chi connectivity index (χ2v) is 8.46. The predicted octanol–water partition coefficient (Wildman–Crippen LogP) is 5.36. The summed E-state index contributed by atoms with van der Waals surface area (Å²) < 4.78 is 17.7. The van der Waals surface area contributed by atoms with Crippen LogP contribution in [0.4, 0.5) is 5.69 Å². The van der Waals surface area contributed by atoms with Gasteiger partial charge in [-0.1, -0.05) is 15.9 Å². The van der Waals surface area contributed by atoms with E-state index in [0.717, 1.165) is 10.0 Å². The zero-order valence-corrected chi connectivity index (χ0v) is 21.0. The highest BCUT2D eigenvalue weighted by Crippen LogP contribution is 2.38. The van der Waals surface area contributed by atoms with Crippen LogP contribution in [-0.4, -0.2) is 37.4 Å². The summed E-state index contributed by atoms with van der Waals surface area (Å²) in [4.78, 5) is 24.7. The van der Waals surface area contributed by atoms with Gasteiger partial charge in [-0.15, -0.1) is 0 Å². The fourth-order valence-corrected chi connectivity index (χ4v) is 3.85. The number of hydrazone groups is 1. The van der Waals surface area contributed by atoms with Crippen molar-refractivity contribution in [1.29, 1.82) is 0 Å². The molecule has 32 heavy (non-hydrogen) atoms. The van der Waals surface area contributed by atoms with Crippen LogP contribution in [0.2, 0.25) is 0 Å². The first-order chi connectivity index (χ1) is 15.3. The van der Waals surface area contributed by atoms with Crippen LogP contribution in [-0.2, 0) is 14.3 Å². The van der Waals surface area contributed by atoms with E-state index in [9.17, 15) is 9.59 Å². The fourth-order valence-electron chi connectivity index (χ4n) is 3.02. The lowest BCUT2D eigenvalue weighted by atomic mass is 10.1. The number of ether oxygens (including phenoxy) is 3. The van der Waals surface area contributed by atoms with Gasteiger partial charge in [0.25, 0.3) is 5.91 Å². The molecule has 0 unspecified atom stereocenters. The van der Waals surface area contributed by atoms with Gasteiger partial charge in [-0.05, 0) is 84.7 Å². The Morgan fingerprint density at radius 3 is 2.47 bits per heavy atom. The average Bonchev–Trinajstić information content (AvgIpc) is 3.02. The van der Waals surface area contributed by atoms with E-state index >= 15 is 0 Å². The van der Waals surface area contributed by atoms with Crippen molar-refractivity contribution in [3.05, 3.63) is 56.5 Å². The molecule has 1 aliphatic rings. The Morgan fingerprint density at radius 1 is 1.09 bits per heavy atom.